The van der Waals surface area contributed by atoms with E-state index in [2.05, 4.69) is 15.4 Å². The van der Waals surface area contributed by atoms with Crippen molar-refractivity contribution in [1.29, 1.82) is 0 Å². The second-order valence-corrected chi connectivity index (χ2v) is 7.19. The highest BCUT2D eigenvalue weighted by atomic mass is 16.5. The molecule has 7 nitrogen and oxygen atoms in total. The minimum absolute atomic E-state index is 0.0679. The predicted octanol–water partition coefficient (Wildman–Crippen LogP) is 3.96. The molecule has 0 saturated heterocycles. The summed E-state index contributed by atoms with van der Waals surface area (Å²) < 4.78 is 7.34. The molecule has 29 heavy (non-hydrogen) atoms. The maximum Gasteiger partial charge on any atom is 0.317 e. The minimum Gasteiger partial charge on any atom is -0.491 e. The third kappa shape index (κ3) is 5.34. The fourth-order valence-electron chi connectivity index (χ4n) is 2.91. The molecule has 0 bridgehead atoms. The number of nitrogens with one attached hydrogen (secondary N) is 1. The summed E-state index contributed by atoms with van der Waals surface area (Å²) in [5, 5.41) is 7.09. The molecule has 0 saturated carbocycles. The van der Waals surface area contributed by atoms with Gasteiger partial charge < -0.3 is 15.0 Å². The molecule has 0 spiro atoms. The summed E-state index contributed by atoms with van der Waals surface area (Å²) in [5.74, 6) is 0.829. The zero-order chi connectivity index (χ0) is 20.8. The number of aromatic nitrogens is 3. The first-order chi connectivity index (χ1) is 13.9. The Morgan fingerprint density at radius 1 is 1.10 bits per heavy atom. The van der Waals surface area contributed by atoms with Gasteiger partial charge in [-0.15, -0.1) is 0 Å². The summed E-state index contributed by atoms with van der Waals surface area (Å²) in [4.78, 5) is 18.2. The molecule has 0 aliphatic carbocycles. The molecule has 3 aromatic rings. The number of urea groups is 1. The topological polar surface area (TPSA) is 72.3 Å². The van der Waals surface area contributed by atoms with Crippen LogP contribution in [0.25, 0.3) is 5.69 Å². The number of amides is 2. The molecule has 3 rings (SSSR count). The molecular formula is C22H27N5O2. The maximum atomic E-state index is 12.6. The molecule has 1 atom stereocenters. The average Bonchev–Trinajstić information content (AvgIpc) is 3.26. The Morgan fingerprint density at radius 2 is 1.79 bits per heavy atom. The molecule has 1 heterocycles. The van der Waals surface area contributed by atoms with E-state index in [1.54, 1.807) is 23.0 Å². The van der Waals surface area contributed by atoms with Crippen LogP contribution in [0.1, 0.15) is 37.9 Å². The number of rotatable bonds is 7. The Morgan fingerprint density at radius 3 is 2.38 bits per heavy atom. The van der Waals surface area contributed by atoms with Gasteiger partial charge in [-0.1, -0.05) is 24.3 Å². The van der Waals surface area contributed by atoms with E-state index >= 15 is 0 Å². The first-order valence-electron chi connectivity index (χ1n) is 9.65. The number of nitrogens with zero attached hydrogens (tertiary/aromatic N) is 4. The number of hydrogen-bond donors (Lipinski definition) is 1. The van der Waals surface area contributed by atoms with Gasteiger partial charge in [-0.25, -0.2) is 14.5 Å². The van der Waals surface area contributed by atoms with Crippen molar-refractivity contribution >= 4 is 6.03 Å². The van der Waals surface area contributed by atoms with Crippen LogP contribution in [0.4, 0.5) is 4.79 Å². The van der Waals surface area contributed by atoms with Crippen LogP contribution < -0.4 is 10.1 Å². The van der Waals surface area contributed by atoms with Crippen LogP contribution in [0, 0.1) is 0 Å². The lowest BCUT2D eigenvalue weighted by Gasteiger charge is -2.26. The van der Waals surface area contributed by atoms with Gasteiger partial charge in [0.25, 0.3) is 0 Å². The third-order valence-corrected chi connectivity index (χ3v) is 4.70. The van der Waals surface area contributed by atoms with Gasteiger partial charge in [0.2, 0.25) is 0 Å². The van der Waals surface area contributed by atoms with Crippen molar-refractivity contribution in [2.24, 2.45) is 0 Å². The molecule has 152 valence electrons. The van der Waals surface area contributed by atoms with Crippen LogP contribution in [0.15, 0.2) is 61.2 Å². The molecule has 1 unspecified atom stereocenters. The summed E-state index contributed by atoms with van der Waals surface area (Å²) in [7, 11) is 1.80. The summed E-state index contributed by atoms with van der Waals surface area (Å²) in [6, 6.07) is 15.5. The quantitative estimate of drug-likeness (QED) is 0.660. The Hall–Kier alpha value is -3.35. The Kier molecular flexibility index (Phi) is 6.49. The fourth-order valence-corrected chi connectivity index (χ4v) is 2.91. The zero-order valence-corrected chi connectivity index (χ0v) is 17.2. The van der Waals surface area contributed by atoms with Crippen molar-refractivity contribution in [3.63, 3.8) is 0 Å². The molecule has 1 N–H and O–H groups in total. The molecule has 2 aromatic carbocycles. The smallest absolute Gasteiger partial charge is 0.317 e. The summed E-state index contributed by atoms with van der Waals surface area (Å²) in [6.45, 7) is 6.45. The minimum atomic E-state index is -0.125. The second-order valence-electron chi connectivity index (χ2n) is 7.19. The first-order valence-corrected chi connectivity index (χ1v) is 9.65. The third-order valence-electron chi connectivity index (χ3n) is 4.70. The van der Waals surface area contributed by atoms with Gasteiger partial charge in [-0.3, -0.25) is 0 Å². The van der Waals surface area contributed by atoms with Crippen LogP contribution in [-0.2, 0) is 6.54 Å². The first kappa shape index (κ1) is 20.4. The predicted molar refractivity (Wildman–Crippen MR) is 112 cm³/mol. The van der Waals surface area contributed by atoms with Crippen LogP contribution in [-0.4, -0.2) is 38.8 Å². The van der Waals surface area contributed by atoms with Crippen molar-refractivity contribution in [3.05, 3.63) is 72.3 Å². The average molecular weight is 393 g/mol. The van der Waals surface area contributed by atoms with E-state index < -0.39 is 0 Å². The highest BCUT2D eigenvalue weighted by Gasteiger charge is 2.17. The zero-order valence-electron chi connectivity index (χ0n) is 17.2. The van der Waals surface area contributed by atoms with E-state index in [4.69, 9.17) is 4.74 Å². The number of carbonyl (C=O) groups is 1. The molecule has 0 radical (unpaired) electrons. The molecule has 2 amide bonds. The number of carbonyl (C=O) groups excluding carboxylic acids is 1. The summed E-state index contributed by atoms with van der Waals surface area (Å²) in [6.07, 6.45) is 3.29. The molecule has 0 fully saturated rings. The molecule has 1 aromatic heterocycles. The number of ether oxygens (including phenoxy) is 1. The lowest BCUT2D eigenvalue weighted by atomic mass is 10.1. The number of benzene rings is 2. The van der Waals surface area contributed by atoms with Crippen LogP contribution in [0.3, 0.4) is 0 Å². The lowest BCUT2D eigenvalue weighted by Crippen LogP contribution is -2.38. The molecule has 7 heteroatoms. The van der Waals surface area contributed by atoms with Crippen molar-refractivity contribution in [2.45, 2.75) is 39.5 Å². The van der Waals surface area contributed by atoms with E-state index in [0.29, 0.717) is 6.54 Å². The number of hydrogen-bond acceptors (Lipinski definition) is 4. The summed E-state index contributed by atoms with van der Waals surface area (Å²) >= 11 is 0. The van der Waals surface area contributed by atoms with E-state index in [9.17, 15) is 4.79 Å². The molecular weight excluding hydrogens is 366 g/mol. The SMILES string of the molecule is CC(C)Oc1ccc(CNC(=O)N(C)C(C)c2ccc(-n3cncn3)cc2)cc1. The van der Waals surface area contributed by atoms with Crippen molar-refractivity contribution in [1.82, 2.24) is 25.0 Å². The van der Waals surface area contributed by atoms with Crippen molar-refractivity contribution < 1.29 is 9.53 Å². The van der Waals surface area contributed by atoms with Gasteiger partial charge >= 0.3 is 6.03 Å². The van der Waals surface area contributed by atoms with Crippen LogP contribution in [0.2, 0.25) is 0 Å². The van der Waals surface area contributed by atoms with Gasteiger partial charge in [0, 0.05) is 13.6 Å². The van der Waals surface area contributed by atoms with Gasteiger partial charge in [0.15, 0.2) is 0 Å². The molecule has 0 aliphatic rings. The lowest BCUT2D eigenvalue weighted by molar-refractivity contribution is 0.194. The monoisotopic (exact) mass is 393 g/mol. The Balaban J connectivity index is 1.55. The largest absolute Gasteiger partial charge is 0.491 e. The van der Waals surface area contributed by atoms with Crippen molar-refractivity contribution in [3.8, 4) is 11.4 Å². The van der Waals surface area contributed by atoms with Gasteiger partial charge in [0.1, 0.15) is 18.4 Å². The van der Waals surface area contributed by atoms with E-state index in [1.165, 1.54) is 6.33 Å². The fraction of sp³-hybridized carbons (Fsp3) is 0.318. The van der Waals surface area contributed by atoms with E-state index in [-0.39, 0.29) is 18.2 Å². The van der Waals surface area contributed by atoms with Crippen LogP contribution >= 0.6 is 0 Å². The Labute approximate surface area is 171 Å². The van der Waals surface area contributed by atoms with E-state index in [1.807, 2.05) is 69.3 Å². The maximum absolute atomic E-state index is 12.6. The second kappa shape index (κ2) is 9.23. The Bertz CT molecular complexity index is 905. The van der Waals surface area contributed by atoms with Gasteiger partial charge in [0.05, 0.1) is 17.8 Å². The highest BCUT2D eigenvalue weighted by Crippen LogP contribution is 2.20. The standard InChI is InChI=1S/C22H27N5O2/c1-16(2)29-21-11-5-18(6-12-21)13-24-22(28)26(4)17(3)19-7-9-20(10-8-19)27-15-23-14-25-27/h5-12,14-17H,13H2,1-4H3,(H,24,28). The summed E-state index contributed by atoms with van der Waals surface area (Å²) in [5.41, 5.74) is 2.99. The van der Waals surface area contributed by atoms with Crippen LogP contribution in [0.5, 0.6) is 5.75 Å². The van der Waals surface area contributed by atoms with Crippen molar-refractivity contribution in [2.75, 3.05) is 7.05 Å². The normalized spacial score (nSPS) is 11.9. The van der Waals surface area contributed by atoms with Gasteiger partial charge in [-0.2, -0.15) is 5.10 Å². The van der Waals surface area contributed by atoms with E-state index in [0.717, 1.165) is 22.6 Å². The highest BCUT2D eigenvalue weighted by molar-refractivity contribution is 5.74. The molecule has 0 aliphatic heterocycles. The van der Waals surface area contributed by atoms with Gasteiger partial charge in [-0.05, 0) is 56.2 Å².